The van der Waals surface area contributed by atoms with Gasteiger partial charge in [0.2, 0.25) is 5.51 Å². The van der Waals surface area contributed by atoms with Crippen molar-refractivity contribution in [3.63, 3.8) is 0 Å². The smallest absolute Gasteiger partial charge is 0.225 e. The van der Waals surface area contributed by atoms with Gasteiger partial charge in [-0.2, -0.15) is 4.57 Å². The van der Waals surface area contributed by atoms with E-state index in [0.29, 0.717) is 24.6 Å². The van der Waals surface area contributed by atoms with Crippen LogP contribution in [0.2, 0.25) is 0 Å². The zero-order valence-corrected chi connectivity index (χ0v) is 14.2. The molecule has 2 heterocycles. The average molecular weight is 353 g/mol. The van der Waals surface area contributed by atoms with Crippen molar-refractivity contribution in [1.29, 1.82) is 0 Å². The van der Waals surface area contributed by atoms with Gasteiger partial charge in [-0.05, 0) is 6.92 Å². The number of nitrogens with zero attached hydrogens (tertiary/aromatic N) is 3. The summed E-state index contributed by atoms with van der Waals surface area (Å²) >= 11 is 1.65. The van der Waals surface area contributed by atoms with E-state index in [4.69, 9.17) is 10.8 Å². The van der Waals surface area contributed by atoms with Crippen molar-refractivity contribution in [2.75, 3.05) is 12.3 Å². The first-order chi connectivity index (χ1) is 8.61. The minimum Gasteiger partial charge on any atom is -1.00 e. The molecule has 0 aliphatic rings. The number of aliphatic hydroxyl groups is 1. The summed E-state index contributed by atoms with van der Waals surface area (Å²) in [7, 11) is 0. The van der Waals surface area contributed by atoms with Crippen molar-refractivity contribution >= 4 is 17.2 Å². The van der Waals surface area contributed by atoms with Crippen LogP contribution in [0.3, 0.4) is 0 Å². The van der Waals surface area contributed by atoms with Crippen LogP contribution < -0.4 is 22.7 Å². The van der Waals surface area contributed by atoms with Gasteiger partial charge in [-0.3, -0.25) is 0 Å². The first kappa shape index (κ1) is 19.3. The first-order valence-corrected chi connectivity index (χ1v) is 6.65. The van der Waals surface area contributed by atoms with Crippen LogP contribution in [0.5, 0.6) is 0 Å². The molecule has 3 N–H and O–H groups in total. The van der Waals surface area contributed by atoms with Gasteiger partial charge in [0, 0.05) is 43.5 Å². The molecule has 0 amide bonds. The monoisotopic (exact) mass is 352 g/mol. The van der Waals surface area contributed by atoms with Crippen molar-refractivity contribution in [3.05, 3.63) is 33.7 Å². The zero-order chi connectivity index (χ0) is 13.1. The molecule has 0 saturated carbocycles. The molecule has 8 heteroatoms. The van der Waals surface area contributed by atoms with E-state index in [1.807, 2.05) is 19.4 Å². The molecule has 110 valence electrons. The fraction of sp³-hybridized carbons (Fsp3) is 0.417. The van der Waals surface area contributed by atoms with E-state index in [9.17, 15) is 0 Å². The van der Waals surface area contributed by atoms with Gasteiger partial charge < -0.3 is 23.2 Å². The molecule has 0 unspecified atom stereocenters. The van der Waals surface area contributed by atoms with E-state index in [1.165, 1.54) is 4.88 Å². The Morgan fingerprint density at radius 3 is 2.70 bits per heavy atom. The van der Waals surface area contributed by atoms with Gasteiger partial charge in [0.05, 0.1) is 10.4 Å². The van der Waals surface area contributed by atoms with Crippen LogP contribution in [0.4, 0.5) is 5.82 Å². The molecule has 0 radical (unpaired) electrons. The molecule has 2 aromatic heterocycles. The number of aromatic nitrogens is 3. The van der Waals surface area contributed by atoms with E-state index in [2.05, 4.69) is 14.5 Å². The maximum Gasteiger partial charge on any atom is 0.225 e. The summed E-state index contributed by atoms with van der Waals surface area (Å²) in [5, 5.41) is 8.98. The summed E-state index contributed by atoms with van der Waals surface area (Å²) in [6, 6.07) is 0. The number of anilines is 1. The Kier molecular flexibility index (Phi) is 8.25. The summed E-state index contributed by atoms with van der Waals surface area (Å²) in [5.41, 5.74) is 10.0. The number of hydrogen-bond donors (Lipinski definition) is 2. The predicted molar refractivity (Wildman–Crippen MR) is 70.3 cm³/mol. The van der Waals surface area contributed by atoms with Crippen LogP contribution in [-0.2, 0) is 30.3 Å². The minimum absolute atomic E-state index is 0. The second kappa shape index (κ2) is 8.55. The van der Waals surface area contributed by atoms with Crippen LogP contribution in [0.1, 0.15) is 22.0 Å². The van der Waals surface area contributed by atoms with Crippen molar-refractivity contribution in [2.24, 2.45) is 0 Å². The van der Waals surface area contributed by atoms with Crippen LogP contribution >= 0.6 is 11.3 Å². The van der Waals surface area contributed by atoms with Gasteiger partial charge >= 0.3 is 0 Å². The fourth-order valence-corrected chi connectivity index (χ4v) is 2.75. The Bertz CT molecular complexity index is 564. The van der Waals surface area contributed by atoms with Crippen molar-refractivity contribution in [3.8, 4) is 0 Å². The normalized spacial score (nSPS) is 9.75. The molecular formula is C12H17ClCrN4OS. The second-order valence-electron chi connectivity index (χ2n) is 4.16. The largest absolute Gasteiger partial charge is 1.00 e. The van der Waals surface area contributed by atoms with E-state index in [1.54, 1.807) is 17.5 Å². The maximum absolute atomic E-state index is 8.98. The molecule has 2 rings (SSSR count). The van der Waals surface area contributed by atoms with Gasteiger partial charge in [0.1, 0.15) is 11.6 Å². The van der Waals surface area contributed by atoms with Gasteiger partial charge in [-0.25, -0.2) is 9.97 Å². The number of nitrogens with two attached hydrogens (primary N) is 1. The van der Waals surface area contributed by atoms with Crippen molar-refractivity contribution in [1.82, 2.24) is 9.97 Å². The SMILES string of the molecule is Cc1ncc(C[n+]2csc(CCO)c2C)c(N)n1.[Cl-].[Cr]. The molecule has 5 nitrogen and oxygen atoms in total. The Balaban J connectivity index is 0.00000180. The number of halogens is 1. The van der Waals surface area contributed by atoms with Gasteiger partial charge in [-0.1, -0.05) is 11.3 Å². The molecule has 20 heavy (non-hydrogen) atoms. The molecule has 0 aromatic carbocycles. The molecule has 0 atom stereocenters. The predicted octanol–water partition coefficient (Wildman–Crippen LogP) is -2.39. The van der Waals surface area contributed by atoms with Gasteiger partial charge in [-0.15, -0.1) is 0 Å². The quantitative estimate of drug-likeness (QED) is 0.602. The van der Waals surface area contributed by atoms with Crippen LogP contribution in [0, 0.1) is 13.8 Å². The number of thiazole rings is 1. The Morgan fingerprint density at radius 2 is 2.10 bits per heavy atom. The van der Waals surface area contributed by atoms with E-state index >= 15 is 0 Å². The van der Waals surface area contributed by atoms with Gasteiger partial charge in [0.15, 0.2) is 12.2 Å². The summed E-state index contributed by atoms with van der Waals surface area (Å²) < 4.78 is 2.11. The molecule has 0 fully saturated rings. The maximum atomic E-state index is 8.98. The topological polar surface area (TPSA) is 75.9 Å². The summed E-state index contributed by atoms with van der Waals surface area (Å²) in [6.45, 7) is 4.71. The van der Waals surface area contributed by atoms with Gasteiger partial charge in [0.25, 0.3) is 0 Å². The average Bonchev–Trinajstić information content (AvgIpc) is 2.66. The second-order valence-corrected chi connectivity index (χ2v) is 5.10. The Hall–Kier alpha value is -0.708. The third-order valence-corrected chi connectivity index (χ3v) is 4.00. The van der Waals surface area contributed by atoms with E-state index in [-0.39, 0.29) is 36.4 Å². The van der Waals surface area contributed by atoms with Crippen molar-refractivity contribution in [2.45, 2.75) is 26.8 Å². The van der Waals surface area contributed by atoms with Crippen LogP contribution in [-0.4, -0.2) is 21.7 Å². The summed E-state index contributed by atoms with van der Waals surface area (Å²) in [5.74, 6) is 1.22. The number of rotatable bonds is 4. The van der Waals surface area contributed by atoms with E-state index in [0.717, 1.165) is 11.3 Å². The molecule has 0 bridgehead atoms. The molecule has 0 aliphatic carbocycles. The molecule has 2 aromatic rings. The third kappa shape index (κ3) is 4.40. The van der Waals surface area contributed by atoms with Crippen LogP contribution in [0.15, 0.2) is 11.7 Å². The number of nitrogen functional groups attached to an aromatic ring is 1. The molecule has 0 spiro atoms. The minimum atomic E-state index is 0. The number of aliphatic hydroxyl groups excluding tert-OH is 1. The van der Waals surface area contributed by atoms with E-state index < -0.39 is 0 Å². The molecule has 0 aliphatic heterocycles. The molecular weight excluding hydrogens is 336 g/mol. The first-order valence-electron chi connectivity index (χ1n) is 5.77. The summed E-state index contributed by atoms with van der Waals surface area (Å²) in [6.07, 6.45) is 2.47. The Morgan fingerprint density at radius 1 is 1.40 bits per heavy atom. The Labute approximate surface area is 139 Å². The standard InChI is InChI=1S/C12H17N4OS.ClH.Cr/c1-8-11(3-4-17)18-7-16(8)6-10-5-14-9(2)15-12(10)13;;/h5,7,17H,3-4,6H2,1-2H3,(H2,13,14,15);1H;/q+1;;/p-1. The molecule has 0 saturated heterocycles. The fourth-order valence-electron chi connectivity index (χ4n) is 1.77. The number of aryl methyl sites for hydroxylation is 1. The number of hydrogen-bond acceptors (Lipinski definition) is 5. The van der Waals surface area contributed by atoms with Crippen molar-refractivity contribution < 1.29 is 39.4 Å². The summed E-state index contributed by atoms with van der Waals surface area (Å²) in [4.78, 5) is 9.53. The third-order valence-electron chi connectivity index (χ3n) is 2.85. The van der Waals surface area contributed by atoms with Crippen LogP contribution in [0.25, 0.3) is 0 Å². The zero-order valence-electron chi connectivity index (χ0n) is 11.3.